The Labute approximate surface area is 400 Å². The van der Waals surface area contributed by atoms with E-state index in [4.69, 9.17) is 0 Å². The highest BCUT2D eigenvalue weighted by molar-refractivity contribution is 8.28. The first-order valence-corrected chi connectivity index (χ1v) is 27.5. The van der Waals surface area contributed by atoms with Gasteiger partial charge in [-0.1, -0.05) is 184 Å². The van der Waals surface area contributed by atoms with Crippen molar-refractivity contribution < 1.29 is 14.5 Å². The van der Waals surface area contributed by atoms with Crippen LogP contribution in [0.15, 0.2) is 91.0 Å². The number of rotatable bonds is 13. The van der Waals surface area contributed by atoms with Crippen molar-refractivity contribution >= 4 is 55.4 Å². The molecule has 2 aliphatic rings. The number of para-hydroxylation sites is 4. The molecule has 2 aliphatic heterocycles. The Kier molecular flexibility index (Phi) is 15.1. The van der Waals surface area contributed by atoms with E-state index >= 15 is 14.5 Å². The molecule has 352 valence electrons. The minimum absolute atomic E-state index is 0.0426. The predicted molar refractivity (Wildman–Crippen MR) is 284 cm³/mol. The lowest BCUT2D eigenvalue weighted by molar-refractivity contribution is -0.163. The summed E-state index contributed by atoms with van der Waals surface area (Å²) in [6.45, 7) is 38.2. The van der Waals surface area contributed by atoms with Gasteiger partial charge in [0, 0.05) is 0 Å². The van der Waals surface area contributed by atoms with Gasteiger partial charge in [0.25, 0.3) is 0 Å². The molecular weight excluding hydrogens is 851 g/mol. The fraction of sp³-hybridized carbons (Fsp3) is 0.474. The summed E-state index contributed by atoms with van der Waals surface area (Å²) in [5.41, 5.74) is 14.1. The van der Waals surface area contributed by atoms with Crippen LogP contribution in [0, 0.1) is 5.41 Å². The largest absolute Gasteiger partial charge is 0.635 e. The molecule has 0 bridgehead atoms. The zero-order chi connectivity index (χ0) is 48.9. The highest BCUT2D eigenvalue weighted by Gasteiger charge is 2.54. The van der Waals surface area contributed by atoms with Crippen molar-refractivity contribution in [2.75, 3.05) is 19.1 Å². The molecule has 0 atom stereocenters. The smallest absolute Gasteiger partial charge is 0.248 e. The van der Waals surface area contributed by atoms with Gasteiger partial charge >= 0.3 is 0 Å². The van der Waals surface area contributed by atoms with Gasteiger partial charge in [0.2, 0.25) is 19.3 Å². The zero-order valence-electron chi connectivity index (χ0n) is 43.1. The van der Waals surface area contributed by atoms with Crippen LogP contribution in [0.4, 0.5) is 22.7 Å². The third-order valence-electron chi connectivity index (χ3n) is 13.4. The molecule has 4 aromatic carbocycles. The Hall–Kier alpha value is -4.50. The minimum Gasteiger partial charge on any atom is -0.635 e. The van der Waals surface area contributed by atoms with E-state index < -0.39 is 12.9 Å². The summed E-state index contributed by atoms with van der Waals surface area (Å²) in [5, 5.41) is 0. The van der Waals surface area contributed by atoms with Gasteiger partial charge in [-0.15, -0.1) is 0 Å². The van der Waals surface area contributed by atoms with Crippen LogP contribution in [-0.2, 0) is 9.59 Å². The summed E-state index contributed by atoms with van der Waals surface area (Å²) in [7, 11) is -3.58. The third kappa shape index (κ3) is 8.99. The monoisotopic (exact) mass is 927 g/mol. The lowest BCUT2D eigenvalue weighted by Gasteiger charge is -2.46. The molecule has 0 spiro atoms. The summed E-state index contributed by atoms with van der Waals surface area (Å²) >= 11 is 0. The second kappa shape index (κ2) is 19.6. The van der Waals surface area contributed by atoms with E-state index in [2.05, 4.69) is 189 Å². The molecule has 1 fully saturated rings. The number of carbonyl (C=O) groups excluding carboxylic acids is 2. The summed E-state index contributed by atoms with van der Waals surface area (Å²) < 4.78 is 4.06. The maximum atomic E-state index is 17.4. The average Bonchev–Trinajstić information content (AvgIpc) is 3.59. The van der Waals surface area contributed by atoms with Gasteiger partial charge in [-0.25, -0.2) is 0 Å². The maximum absolute atomic E-state index is 17.4. The van der Waals surface area contributed by atoms with Gasteiger partial charge in [-0.05, 0) is 111 Å². The molecule has 66 heavy (non-hydrogen) atoms. The highest BCUT2D eigenvalue weighted by Crippen LogP contribution is 2.74. The Balaban J connectivity index is 1.88. The summed E-state index contributed by atoms with van der Waals surface area (Å²) in [6, 6.07) is 25.4. The van der Waals surface area contributed by atoms with E-state index in [0.717, 1.165) is 67.3 Å². The van der Waals surface area contributed by atoms with Crippen LogP contribution in [0.1, 0.15) is 216 Å². The van der Waals surface area contributed by atoms with Crippen molar-refractivity contribution in [3.8, 4) is 0 Å². The Bertz CT molecular complexity index is 2310. The molecule has 4 aromatic rings. The molecule has 0 unspecified atom stereocenters. The lowest BCUT2D eigenvalue weighted by Crippen LogP contribution is -2.60. The van der Waals surface area contributed by atoms with E-state index in [-0.39, 0.29) is 59.2 Å². The molecule has 2 amide bonds. The number of benzene rings is 4. The van der Waals surface area contributed by atoms with E-state index in [9.17, 15) is 0 Å². The quantitative estimate of drug-likeness (QED) is 0.0987. The predicted octanol–water partition coefficient (Wildman–Crippen LogP) is 15.8. The number of hydrogen-bond acceptors (Lipinski definition) is 5. The number of amides is 2. The van der Waals surface area contributed by atoms with Crippen molar-refractivity contribution in [3.63, 3.8) is 0 Å². The van der Waals surface area contributed by atoms with E-state index in [1.807, 2.05) is 21.7 Å². The van der Waals surface area contributed by atoms with Crippen LogP contribution in [0.2, 0.25) is 0 Å². The number of nitrogens with zero attached hydrogens (tertiary/aromatic N) is 4. The number of hydrogen-bond donors (Lipinski definition) is 0. The molecule has 6 rings (SSSR count). The fourth-order valence-corrected chi connectivity index (χ4v) is 14.0. The molecule has 0 N–H and O–H groups in total. The second-order valence-electron chi connectivity index (χ2n) is 21.3. The second-order valence-corrected chi connectivity index (χ2v) is 25.8. The summed E-state index contributed by atoms with van der Waals surface area (Å²) in [5.74, 6) is 0.329. The molecule has 7 nitrogen and oxygen atoms in total. The Morgan fingerprint density at radius 2 is 0.667 bits per heavy atom. The van der Waals surface area contributed by atoms with Crippen LogP contribution >= 0.6 is 15.4 Å². The average molecular weight is 927 g/mol. The van der Waals surface area contributed by atoms with Crippen LogP contribution in [0.5, 0.6) is 0 Å². The zero-order valence-corrected chi connectivity index (χ0v) is 44.9. The standard InChI is InChI=1S/C57H76N4O3P2/c1-34(2)42-23-19-24-43(35(3)4)51(42)58-31-32-59(52-44(36(5)6)25-20-26-45(52)37(7)8)66(58,64)65-33-50-60(53-46(38(9)10)27-21-28-47(53)39(11)12)55(62)57(17,18)56(63)61(50)54-48(40(13)14)29-22-30-49(54)41(15)16/h19-32,34-41H,1-18H3. The molecule has 0 saturated carbocycles. The topological polar surface area (TPSA) is 70.2 Å². The number of anilines is 4. The molecule has 9 heteroatoms. The van der Waals surface area contributed by atoms with Gasteiger partial charge in [0.05, 0.1) is 35.1 Å². The van der Waals surface area contributed by atoms with Gasteiger partial charge in [0.15, 0.2) is 13.7 Å². The van der Waals surface area contributed by atoms with Crippen LogP contribution in [0.3, 0.4) is 0 Å². The molecule has 1 saturated heterocycles. The number of carbonyl (C=O) groups is 2. The van der Waals surface area contributed by atoms with Crippen molar-refractivity contribution in [2.45, 2.75) is 172 Å². The summed E-state index contributed by atoms with van der Waals surface area (Å²) in [4.78, 5) is 52.3. The summed E-state index contributed by atoms with van der Waals surface area (Å²) in [6.07, 6.45) is 4.00. The van der Waals surface area contributed by atoms with Crippen molar-refractivity contribution in [2.24, 2.45) is 5.41 Å². The van der Waals surface area contributed by atoms with E-state index in [1.54, 1.807) is 23.6 Å². The van der Waals surface area contributed by atoms with Gasteiger partial charge < -0.3 is 4.89 Å². The SMILES string of the molecule is CC(C)c1cccc(C(C)C)c1N1C(=O)C(C)(C)C(=O)N(c2c(C(C)C)cccc2C(C)C)C1=C=P[P+]1([O-])N(c2c(C(C)C)cccc2C(C)C)C=CN1c1c(C(C)C)cccc1C(C)C. The first-order chi connectivity index (χ1) is 30.9. The van der Waals surface area contributed by atoms with Crippen molar-refractivity contribution in [1.29, 1.82) is 0 Å². The van der Waals surface area contributed by atoms with Gasteiger partial charge in [0.1, 0.15) is 5.41 Å². The first-order valence-electron chi connectivity index (χ1n) is 24.3. The molecule has 0 aromatic heterocycles. The van der Waals surface area contributed by atoms with E-state index in [1.165, 1.54) is 0 Å². The van der Waals surface area contributed by atoms with Crippen LogP contribution in [-0.4, -0.2) is 17.3 Å². The van der Waals surface area contributed by atoms with Gasteiger partial charge in [-0.3, -0.25) is 19.4 Å². The maximum Gasteiger partial charge on any atom is 0.248 e. The van der Waals surface area contributed by atoms with Crippen molar-refractivity contribution in [1.82, 2.24) is 0 Å². The normalized spacial score (nSPS) is 16.4. The van der Waals surface area contributed by atoms with Crippen molar-refractivity contribution in [3.05, 3.63) is 136 Å². The third-order valence-corrected chi connectivity index (χ3v) is 18.0. The molecular formula is C57H76N4O3P2. The fourth-order valence-electron chi connectivity index (χ4n) is 9.57. The Morgan fingerprint density at radius 1 is 0.439 bits per heavy atom. The molecule has 2 heterocycles. The van der Waals surface area contributed by atoms with Crippen LogP contribution in [0.25, 0.3) is 0 Å². The minimum atomic E-state index is -3.88. The lowest BCUT2D eigenvalue weighted by atomic mass is 9.83. The van der Waals surface area contributed by atoms with Gasteiger partial charge in [-0.2, -0.15) is 9.34 Å². The Morgan fingerprint density at radius 3 is 0.894 bits per heavy atom. The first kappa shape index (κ1) is 50.9. The van der Waals surface area contributed by atoms with E-state index in [0.29, 0.717) is 13.7 Å². The van der Waals surface area contributed by atoms with Crippen LogP contribution < -0.4 is 24.0 Å². The highest BCUT2D eigenvalue weighted by atomic mass is 32.1. The molecule has 0 aliphatic carbocycles. The molecule has 0 radical (unpaired) electrons.